The van der Waals surface area contributed by atoms with Gasteiger partial charge in [-0.3, -0.25) is 34.3 Å². The molecule has 0 spiro atoms. The van der Waals surface area contributed by atoms with Crippen molar-refractivity contribution >= 4 is 53.3 Å². The number of pyridine rings is 1. The van der Waals surface area contributed by atoms with E-state index in [9.17, 15) is 24.0 Å². The van der Waals surface area contributed by atoms with Crippen LogP contribution in [0.3, 0.4) is 0 Å². The number of piperidine rings is 2. The van der Waals surface area contributed by atoms with E-state index in [4.69, 9.17) is 18.9 Å². The van der Waals surface area contributed by atoms with Crippen LogP contribution in [0.5, 0.6) is 11.5 Å². The molecule has 1 unspecified atom stereocenters. The number of amides is 5. The number of carbonyl (C=O) groups is 5. The number of aromatic nitrogens is 4. The maximum absolute atomic E-state index is 13.8. The minimum atomic E-state index is -0.733. The van der Waals surface area contributed by atoms with Crippen LogP contribution in [0.4, 0.5) is 11.4 Å². The Morgan fingerprint density at radius 2 is 1.66 bits per heavy atom. The second-order valence-electron chi connectivity index (χ2n) is 17.9. The molecule has 71 heavy (non-hydrogen) atoms. The predicted octanol–water partition coefficient (Wildman–Crippen LogP) is 5.61. The molecule has 3 aromatic carbocycles. The highest BCUT2D eigenvalue weighted by molar-refractivity contribution is 6.07. The zero-order chi connectivity index (χ0) is 48.3. The van der Waals surface area contributed by atoms with E-state index >= 15 is 0 Å². The Morgan fingerprint density at radius 3 is 2.51 bits per heavy atom. The Hall–Kier alpha value is -6.93. The third-order valence-corrected chi connectivity index (χ3v) is 13.1. The van der Waals surface area contributed by atoms with E-state index in [2.05, 4.69) is 46.7 Å². The van der Waals surface area contributed by atoms with Gasteiger partial charge >= 0.3 is 0 Å². The van der Waals surface area contributed by atoms with E-state index in [1.165, 1.54) is 4.90 Å². The number of unbranched alkanes of at least 4 members (excludes halogenated alkanes) is 2. The lowest BCUT2D eigenvalue weighted by Crippen LogP contribution is -2.52. The fourth-order valence-electron chi connectivity index (χ4n) is 9.35. The molecule has 4 aliphatic heterocycles. The summed E-state index contributed by atoms with van der Waals surface area (Å²) in [6.45, 7) is 4.07. The first-order valence-corrected chi connectivity index (χ1v) is 24.1. The fraction of sp³-hybridized carbons (Fsp3) is 0.412. The number of rotatable bonds is 21. The van der Waals surface area contributed by atoms with E-state index in [-0.39, 0.29) is 68.1 Å². The van der Waals surface area contributed by atoms with Crippen LogP contribution in [0.2, 0.25) is 0 Å². The van der Waals surface area contributed by atoms with Gasteiger partial charge in [0, 0.05) is 90.8 Å². The zero-order valence-corrected chi connectivity index (χ0v) is 40.2. The molecule has 374 valence electrons. The third kappa shape index (κ3) is 12.3. The van der Waals surface area contributed by atoms with Crippen LogP contribution < -0.4 is 36.1 Å². The van der Waals surface area contributed by atoms with Crippen molar-refractivity contribution in [2.75, 3.05) is 63.4 Å². The van der Waals surface area contributed by atoms with E-state index in [0.29, 0.717) is 79.8 Å². The number of imide groups is 1. The number of hydrogen-bond donors (Lipinski definition) is 6. The molecule has 5 aromatic rings. The number of halogens is 1. The topological polar surface area (TPSA) is 240 Å². The summed E-state index contributed by atoms with van der Waals surface area (Å²) in [5.74, 6) is 1.20. The maximum Gasteiger partial charge on any atom is 0.255 e. The van der Waals surface area contributed by atoms with Gasteiger partial charge < -0.3 is 50.1 Å². The quantitative estimate of drug-likeness (QED) is 0.0388. The monoisotopic (exact) mass is 990 g/mol. The number of aromatic amines is 1. The average Bonchev–Trinajstić information content (AvgIpc) is 4.01. The lowest BCUT2D eigenvalue weighted by atomic mass is 9.87. The number of nitrogens with zero attached hydrogens (tertiary/aromatic N) is 4. The molecule has 6 N–H and O–H groups in total. The summed E-state index contributed by atoms with van der Waals surface area (Å²) in [6.07, 6.45) is 9.32. The minimum absolute atomic E-state index is 0. The predicted molar refractivity (Wildman–Crippen MR) is 264 cm³/mol. The van der Waals surface area contributed by atoms with Gasteiger partial charge in [-0.05, 0) is 119 Å². The van der Waals surface area contributed by atoms with Crippen LogP contribution in [-0.2, 0) is 35.9 Å². The number of H-pyrrole nitrogens is 1. The summed E-state index contributed by atoms with van der Waals surface area (Å²) in [4.78, 5) is 72.6. The highest BCUT2D eigenvalue weighted by atomic mass is 35.5. The summed E-state index contributed by atoms with van der Waals surface area (Å²) in [7, 11) is 0. The molecular weight excluding hydrogens is 932 g/mol. The van der Waals surface area contributed by atoms with Crippen LogP contribution in [0, 0.1) is 0 Å². The van der Waals surface area contributed by atoms with Gasteiger partial charge in [0.05, 0.1) is 24.8 Å². The van der Waals surface area contributed by atoms with Gasteiger partial charge in [-0.2, -0.15) is 0 Å². The molecule has 4 aliphatic rings. The standard InChI is InChI=1S/C51H58N10O9.ClH/c62-44-14-12-42(48(65)56-44)61-31-39-37(49(61)66)9-5-10-40(39)54-45(63)32-68-26-6-25-67-24-2-1-3-27-69-36-11-13-43-38(30-36)41(17-28-70-43)55-47(64)34-7-4-8-35(29-34)58-51(18-22-53-23-19-51)50-57-46(59-60-50)33-15-20-52-21-16-33;/h4-5,7-11,13,15-16,20-21,29-30,41-42,53,58H,1-3,6,12,14,17-19,22-28,31-32H2,(H,54,63)(H,55,64)(H,56,62,65)(H,57,59,60);1H/t41-,42?;/m0./s1. The molecule has 0 radical (unpaired) electrons. The molecule has 0 saturated carbocycles. The van der Waals surface area contributed by atoms with Crippen molar-refractivity contribution in [1.82, 2.24) is 41.0 Å². The Balaban J connectivity index is 0.00000676. The highest BCUT2D eigenvalue weighted by Crippen LogP contribution is 2.37. The first kappa shape index (κ1) is 50.5. The molecule has 19 nitrogen and oxygen atoms in total. The lowest BCUT2D eigenvalue weighted by molar-refractivity contribution is -0.137. The van der Waals surface area contributed by atoms with E-state index in [0.717, 1.165) is 73.6 Å². The summed E-state index contributed by atoms with van der Waals surface area (Å²) in [6, 6.07) is 21.2. The fourth-order valence-corrected chi connectivity index (χ4v) is 9.35. The van der Waals surface area contributed by atoms with Gasteiger partial charge in [0.15, 0.2) is 11.6 Å². The van der Waals surface area contributed by atoms with Gasteiger partial charge in [0.2, 0.25) is 17.7 Å². The Bertz CT molecular complexity index is 2680. The molecule has 5 amide bonds. The summed E-state index contributed by atoms with van der Waals surface area (Å²) in [5.41, 5.74) is 4.18. The van der Waals surface area contributed by atoms with Crippen molar-refractivity contribution in [2.24, 2.45) is 0 Å². The van der Waals surface area contributed by atoms with Crippen molar-refractivity contribution in [2.45, 2.75) is 82.0 Å². The molecule has 2 saturated heterocycles. The van der Waals surface area contributed by atoms with Crippen LogP contribution in [0.15, 0.2) is 85.2 Å². The Morgan fingerprint density at radius 1 is 0.859 bits per heavy atom. The molecule has 0 aliphatic carbocycles. The number of carbonyl (C=O) groups excluding carboxylic acids is 5. The number of hydrogen-bond acceptors (Lipinski definition) is 14. The maximum atomic E-state index is 13.8. The molecule has 2 atom stereocenters. The summed E-state index contributed by atoms with van der Waals surface area (Å²) >= 11 is 0. The molecule has 0 bridgehead atoms. The molecule has 2 aromatic heterocycles. The van der Waals surface area contributed by atoms with Crippen molar-refractivity contribution in [3.8, 4) is 22.9 Å². The number of anilines is 2. The van der Waals surface area contributed by atoms with E-state index in [1.54, 1.807) is 30.6 Å². The largest absolute Gasteiger partial charge is 0.494 e. The van der Waals surface area contributed by atoms with Gasteiger partial charge in [-0.1, -0.05) is 12.1 Å². The van der Waals surface area contributed by atoms with Gasteiger partial charge in [-0.15, -0.1) is 22.6 Å². The third-order valence-electron chi connectivity index (χ3n) is 13.1. The van der Waals surface area contributed by atoms with Gasteiger partial charge in [-0.25, -0.2) is 0 Å². The van der Waals surface area contributed by atoms with Gasteiger partial charge in [0.25, 0.3) is 11.8 Å². The molecule has 20 heteroatoms. The van der Waals surface area contributed by atoms with Crippen LogP contribution in [0.1, 0.15) is 101 Å². The van der Waals surface area contributed by atoms with E-state index in [1.807, 2.05) is 54.6 Å². The number of fused-ring (bicyclic) bond motifs is 2. The van der Waals surface area contributed by atoms with Crippen molar-refractivity contribution in [1.29, 1.82) is 0 Å². The van der Waals surface area contributed by atoms with Crippen LogP contribution >= 0.6 is 12.4 Å². The molecule has 9 rings (SSSR count). The average molecular weight is 992 g/mol. The smallest absolute Gasteiger partial charge is 0.255 e. The van der Waals surface area contributed by atoms with Gasteiger partial charge in [0.1, 0.15) is 24.1 Å². The van der Waals surface area contributed by atoms with E-state index < -0.39 is 17.5 Å². The first-order valence-electron chi connectivity index (χ1n) is 24.1. The summed E-state index contributed by atoms with van der Waals surface area (Å²) in [5, 5.41) is 24.6. The lowest BCUT2D eigenvalue weighted by Gasteiger charge is -2.37. The molecule has 6 heterocycles. The number of benzene rings is 3. The van der Waals surface area contributed by atoms with Crippen molar-refractivity contribution in [3.63, 3.8) is 0 Å². The SMILES string of the molecule is Cl.O=C1CCC(N2Cc3c(NC(=O)COCCCOCCCCCOc4ccc5c(c4)[C@@H](NC(=O)c4cccc(NC6(c7nnc(-c8ccncc8)[nH]7)CCNCC6)c4)CCO5)cccc3C2=O)C(=O)N1. The highest BCUT2D eigenvalue weighted by Gasteiger charge is 2.40. The van der Waals surface area contributed by atoms with Crippen LogP contribution in [0.25, 0.3) is 11.4 Å². The van der Waals surface area contributed by atoms with Crippen molar-refractivity contribution in [3.05, 3.63) is 113 Å². The first-order chi connectivity index (χ1) is 34.2. The Labute approximate surface area is 417 Å². The summed E-state index contributed by atoms with van der Waals surface area (Å²) < 4.78 is 23.5. The second kappa shape index (κ2) is 23.8. The zero-order valence-electron chi connectivity index (χ0n) is 39.3. The number of nitrogens with one attached hydrogen (secondary N) is 6. The minimum Gasteiger partial charge on any atom is -0.494 e. The normalized spacial score (nSPS) is 18.0. The second-order valence-corrected chi connectivity index (χ2v) is 17.9. The Kier molecular flexibility index (Phi) is 16.9. The molecular formula is C51H59ClN10O9. The van der Waals surface area contributed by atoms with Crippen LogP contribution in [-0.4, -0.2) is 113 Å². The number of ether oxygens (including phenoxy) is 4. The van der Waals surface area contributed by atoms with Crippen molar-refractivity contribution < 1.29 is 42.9 Å². The molecule has 2 fully saturated rings.